The van der Waals surface area contributed by atoms with E-state index in [1.165, 1.54) is 12.1 Å². The minimum absolute atomic E-state index is 0. The van der Waals surface area contributed by atoms with Gasteiger partial charge in [0.05, 0.1) is 37.0 Å². The van der Waals surface area contributed by atoms with Crippen LogP contribution in [0.4, 0.5) is 11.4 Å². The third-order valence-electron chi connectivity index (χ3n) is 4.94. The number of phenols is 2. The van der Waals surface area contributed by atoms with Gasteiger partial charge in [-0.05, 0) is 35.4 Å². The van der Waals surface area contributed by atoms with Crippen molar-refractivity contribution in [2.75, 3.05) is 48.1 Å². The molecule has 0 fully saturated rings. The highest BCUT2D eigenvalue weighted by Gasteiger charge is 2.12. The zero-order valence-corrected chi connectivity index (χ0v) is 25.8. The summed E-state index contributed by atoms with van der Waals surface area (Å²) in [5, 5.41) is 25.4. The number of sulfonamides is 2. The summed E-state index contributed by atoms with van der Waals surface area (Å²) in [7, 11) is -6.80. The molecule has 0 amide bonds. The summed E-state index contributed by atoms with van der Waals surface area (Å²) in [5.74, 6) is 1.58. The molecule has 0 radical (unpaired) electrons. The summed E-state index contributed by atoms with van der Waals surface area (Å²) in [6, 6.07) is 9.64. The Kier molecular flexibility index (Phi) is 12.8. The Hall–Kier alpha value is -2.56. The van der Waals surface area contributed by atoms with Crippen LogP contribution in [-0.2, 0) is 32.9 Å². The Bertz CT molecular complexity index is 1280. The lowest BCUT2D eigenvalue weighted by Crippen LogP contribution is -2.20. The average molecular weight is 700 g/mol. The van der Waals surface area contributed by atoms with E-state index in [2.05, 4.69) is 30.1 Å². The van der Waals surface area contributed by atoms with Crippen molar-refractivity contribution in [3.63, 3.8) is 0 Å². The number of anilines is 2. The van der Waals surface area contributed by atoms with Gasteiger partial charge in [0.1, 0.15) is 23.2 Å². The van der Waals surface area contributed by atoms with E-state index in [0.29, 0.717) is 12.8 Å². The molecule has 0 aliphatic carbocycles. The number of amidine groups is 2. The van der Waals surface area contributed by atoms with E-state index in [9.17, 15) is 27.0 Å². The molecule has 38 heavy (non-hydrogen) atoms. The molecular weight excluding hydrogens is 668 g/mol. The van der Waals surface area contributed by atoms with Crippen molar-refractivity contribution < 1.29 is 27.0 Å². The van der Waals surface area contributed by atoms with Crippen LogP contribution in [0.5, 0.6) is 11.5 Å². The van der Waals surface area contributed by atoms with Gasteiger partial charge in [-0.15, -0.1) is 34.0 Å². The van der Waals surface area contributed by atoms with Crippen LogP contribution in [0.2, 0.25) is 0 Å². The molecule has 0 aromatic heterocycles. The molecular formula is C22H32Br2N6O6S2. The number of aromatic hydroxyl groups is 2. The first kappa shape index (κ1) is 33.5. The number of hydrogen-bond acceptors (Lipinski definition) is 10. The first-order chi connectivity index (χ1) is 16.9. The Morgan fingerprint density at radius 3 is 1.39 bits per heavy atom. The van der Waals surface area contributed by atoms with Gasteiger partial charge in [-0.2, -0.15) is 0 Å². The van der Waals surface area contributed by atoms with Gasteiger partial charge in [0.15, 0.2) is 0 Å². The zero-order valence-electron chi connectivity index (χ0n) is 20.8. The highest BCUT2D eigenvalue weighted by molar-refractivity contribution is 8.93. The Morgan fingerprint density at radius 1 is 0.737 bits per heavy atom. The van der Waals surface area contributed by atoms with E-state index < -0.39 is 20.0 Å². The van der Waals surface area contributed by atoms with E-state index in [1.54, 1.807) is 24.3 Å². The largest absolute Gasteiger partial charge is 0.506 e. The van der Waals surface area contributed by atoms with Crippen LogP contribution in [0, 0.1) is 0 Å². The normalized spacial score (nSPS) is 14.3. The Morgan fingerprint density at radius 2 is 1.11 bits per heavy atom. The molecule has 0 atom stereocenters. The Labute approximate surface area is 243 Å². The van der Waals surface area contributed by atoms with Crippen LogP contribution in [0.15, 0.2) is 46.4 Å². The molecule has 0 unspecified atom stereocenters. The molecule has 2 aromatic rings. The number of nitrogens with zero attached hydrogens (tertiary/aromatic N) is 2. The van der Waals surface area contributed by atoms with E-state index in [0.717, 1.165) is 61.5 Å². The molecule has 0 bridgehead atoms. The summed E-state index contributed by atoms with van der Waals surface area (Å²) >= 11 is 0. The molecule has 0 saturated carbocycles. The van der Waals surface area contributed by atoms with Crippen molar-refractivity contribution >= 4 is 77.1 Å². The zero-order chi connectivity index (χ0) is 26.3. The van der Waals surface area contributed by atoms with Gasteiger partial charge in [0.25, 0.3) is 0 Å². The molecule has 0 saturated heterocycles. The van der Waals surface area contributed by atoms with Crippen LogP contribution in [0.25, 0.3) is 0 Å². The molecule has 2 aliphatic heterocycles. The maximum Gasteiger partial charge on any atom is 0.229 e. The molecule has 4 rings (SSSR count). The Balaban J connectivity index is 0.000000361. The molecule has 6 N–H and O–H groups in total. The monoisotopic (exact) mass is 698 g/mol. The summed E-state index contributed by atoms with van der Waals surface area (Å²) in [6.45, 7) is 3.20. The van der Waals surface area contributed by atoms with Crippen molar-refractivity contribution in [3.05, 3.63) is 47.5 Å². The molecule has 212 valence electrons. The standard InChI is InChI=1S/2C11H15N3O3S.2BrH/c2*1-18(16,17)14-9-6-8(2-3-10(9)15)7-11-12-4-5-13-11;;/h2*2-3,6,14-15H,4-5,7H2,1H3,(H,12,13);2*1H. The van der Waals surface area contributed by atoms with Gasteiger partial charge in [-0.1, -0.05) is 12.1 Å². The molecule has 16 heteroatoms. The SMILES string of the molecule is Br.Br.CS(=O)(=O)Nc1cc(CC2=NCCN2)ccc1O.CS(=O)(=O)Nc1cc(CC2=NCCN2)ccc1O. The van der Waals surface area contributed by atoms with Crippen LogP contribution >= 0.6 is 34.0 Å². The highest BCUT2D eigenvalue weighted by Crippen LogP contribution is 2.26. The summed E-state index contributed by atoms with van der Waals surface area (Å²) in [5.41, 5.74) is 2.14. The number of rotatable bonds is 8. The van der Waals surface area contributed by atoms with Crippen LogP contribution in [0.3, 0.4) is 0 Å². The first-order valence-electron chi connectivity index (χ1n) is 11.0. The summed E-state index contributed by atoms with van der Waals surface area (Å²) in [4.78, 5) is 8.52. The number of phenolic OH excluding ortho intramolecular Hbond substituents is 2. The number of halogens is 2. The maximum absolute atomic E-state index is 11.2. The lowest BCUT2D eigenvalue weighted by Gasteiger charge is -2.09. The lowest BCUT2D eigenvalue weighted by atomic mass is 10.1. The topological polar surface area (TPSA) is 182 Å². The van der Waals surface area contributed by atoms with Crippen molar-refractivity contribution in [3.8, 4) is 11.5 Å². The van der Waals surface area contributed by atoms with Crippen molar-refractivity contribution in [2.24, 2.45) is 9.98 Å². The van der Waals surface area contributed by atoms with Gasteiger partial charge < -0.3 is 20.8 Å². The van der Waals surface area contributed by atoms with Crippen molar-refractivity contribution in [2.45, 2.75) is 12.8 Å². The minimum atomic E-state index is -3.40. The fourth-order valence-electron chi connectivity index (χ4n) is 3.47. The van der Waals surface area contributed by atoms with E-state index in [-0.39, 0.29) is 56.8 Å². The van der Waals surface area contributed by atoms with E-state index in [4.69, 9.17) is 0 Å². The van der Waals surface area contributed by atoms with Gasteiger partial charge in [0.2, 0.25) is 20.0 Å². The smallest absolute Gasteiger partial charge is 0.229 e. The number of benzene rings is 2. The van der Waals surface area contributed by atoms with Gasteiger partial charge in [-0.25, -0.2) is 16.8 Å². The van der Waals surface area contributed by atoms with Gasteiger partial charge in [-0.3, -0.25) is 19.4 Å². The lowest BCUT2D eigenvalue weighted by molar-refractivity contribution is 0.477. The quantitative estimate of drug-likeness (QED) is 0.226. The van der Waals surface area contributed by atoms with Gasteiger partial charge >= 0.3 is 0 Å². The predicted molar refractivity (Wildman–Crippen MR) is 162 cm³/mol. The van der Waals surface area contributed by atoms with Crippen LogP contribution in [-0.4, -0.2) is 77.4 Å². The fraction of sp³-hybridized carbons (Fsp3) is 0.364. The minimum Gasteiger partial charge on any atom is -0.506 e. The molecule has 12 nitrogen and oxygen atoms in total. The molecule has 2 aliphatic rings. The molecule has 2 heterocycles. The number of aliphatic imine (C=N–C) groups is 2. The summed E-state index contributed by atoms with van der Waals surface area (Å²) < 4.78 is 49.2. The highest BCUT2D eigenvalue weighted by atomic mass is 79.9. The molecule has 0 spiro atoms. The van der Waals surface area contributed by atoms with Crippen LogP contribution < -0.4 is 20.1 Å². The first-order valence-corrected chi connectivity index (χ1v) is 14.8. The van der Waals surface area contributed by atoms with Crippen molar-refractivity contribution in [1.29, 1.82) is 0 Å². The van der Waals surface area contributed by atoms with Crippen LogP contribution in [0.1, 0.15) is 11.1 Å². The van der Waals surface area contributed by atoms with Gasteiger partial charge in [0, 0.05) is 25.9 Å². The third-order valence-corrected chi connectivity index (χ3v) is 6.12. The van der Waals surface area contributed by atoms with E-state index in [1.807, 2.05) is 0 Å². The second-order valence-electron chi connectivity index (χ2n) is 8.32. The number of hydrogen-bond donors (Lipinski definition) is 6. The second-order valence-corrected chi connectivity index (χ2v) is 11.8. The summed E-state index contributed by atoms with van der Waals surface area (Å²) in [6.07, 6.45) is 3.28. The maximum atomic E-state index is 11.2. The third kappa shape index (κ3) is 11.4. The molecule has 2 aromatic carbocycles. The predicted octanol–water partition coefficient (Wildman–Crippen LogP) is 1.77. The number of nitrogens with one attached hydrogen (secondary N) is 4. The fourth-order valence-corrected chi connectivity index (χ4v) is 4.59. The second kappa shape index (κ2) is 14.6. The van der Waals surface area contributed by atoms with Crippen molar-refractivity contribution in [1.82, 2.24) is 10.6 Å². The van der Waals surface area contributed by atoms with E-state index >= 15 is 0 Å². The average Bonchev–Trinajstić information content (AvgIpc) is 3.46.